The maximum Gasteiger partial charge on any atom is 0.321 e. The van der Waals surface area contributed by atoms with Crippen LogP contribution in [-0.4, -0.2) is 35.3 Å². The molecule has 0 saturated heterocycles. The third-order valence-corrected chi connectivity index (χ3v) is 3.77. The summed E-state index contributed by atoms with van der Waals surface area (Å²) in [5.41, 5.74) is 0.935. The maximum absolute atomic E-state index is 11.8. The zero-order valence-electron chi connectivity index (χ0n) is 13.0. The highest BCUT2D eigenvalue weighted by molar-refractivity contribution is 7.15. The van der Waals surface area contributed by atoms with Crippen molar-refractivity contribution in [2.24, 2.45) is 0 Å². The average Bonchev–Trinajstić information content (AvgIpc) is 2.93. The fraction of sp³-hybridized carbons (Fsp3) is 0.429. The Hall–Kier alpha value is -2.22. The van der Waals surface area contributed by atoms with Crippen LogP contribution in [0.25, 0.3) is 0 Å². The fourth-order valence-corrected chi connectivity index (χ4v) is 2.56. The molecule has 0 spiro atoms. The number of pyridine rings is 1. The van der Waals surface area contributed by atoms with E-state index in [9.17, 15) is 4.79 Å². The van der Waals surface area contributed by atoms with E-state index < -0.39 is 0 Å². The molecule has 0 saturated carbocycles. The molecule has 0 aliphatic carbocycles. The molecule has 0 aliphatic rings. The molecule has 0 fully saturated rings. The summed E-state index contributed by atoms with van der Waals surface area (Å²) >= 11 is 1.40. The van der Waals surface area contributed by atoms with Gasteiger partial charge in [-0.05, 0) is 18.1 Å². The second-order valence-electron chi connectivity index (χ2n) is 4.98. The van der Waals surface area contributed by atoms with E-state index in [0.29, 0.717) is 11.7 Å². The standard InChI is InChI=1S/C14H20N6OS/c1-4-5-12-18-19-14(22-12)17-13(21)16-9-10-6-7-11(15-8-10)20(2)3/h6-8H,4-5,9H2,1-3H3,(H2,16,17,19,21). The third kappa shape index (κ3) is 4.66. The van der Waals surface area contributed by atoms with Crippen molar-refractivity contribution in [2.45, 2.75) is 26.3 Å². The van der Waals surface area contributed by atoms with Gasteiger partial charge in [0, 0.05) is 33.3 Å². The average molecular weight is 320 g/mol. The molecule has 2 N–H and O–H groups in total. The van der Waals surface area contributed by atoms with Crippen molar-refractivity contribution in [3.05, 3.63) is 28.9 Å². The van der Waals surface area contributed by atoms with Gasteiger partial charge in [0.05, 0.1) is 0 Å². The molecule has 2 heterocycles. The number of carbonyl (C=O) groups is 1. The maximum atomic E-state index is 11.8. The second-order valence-corrected chi connectivity index (χ2v) is 6.04. The Balaban J connectivity index is 1.81. The van der Waals surface area contributed by atoms with Crippen molar-refractivity contribution in [2.75, 3.05) is 24.3 Å². The van der Waals surface area contributed by atoms with Crippen LogP contribution in [-0.2, 0) is 13.0 Å². The minimum atomic E-state index is -0.295. The van der Waals surface area contributed by atoms with Gasteiger partial charge in [0.1, 0.15) is 10.8 Å². The highest BCUT2D eigenvalue weighted by Gasteiger charge is 2.07. The van der Waals surface area contributed by atoms with Crippen molar-refractivity contribution in [3.63, 3.8) is 0 Å². The van der Waals surface area contributed by atoms with Gasteiger partial charge in [-0.25, -0.2) is 9.78 Å². The third-order valence-electron chi connectivity index (χ3n) is 2.87. The zero-order valence-corrected chi connectivity index (χ0v) is 13.8. The Morgan fingerprint density at radius 1 is 1.32 bits per heavy atom. The van der Waals surface area contributed by atoms with Crippen LogP contribution in [0, 0.1) is 0 Å². The number of rotatable bonds is 6. The molecule has 8 heteroatoms. The first kappa shape index (κ1) is 16.2. The molecule has 118 valence electrons. The van der Waals surface area contributed by atoms with Crippen molar-refractivity contribution < 1.29 is 4.79 Å². The van der Waals surface area contributed by atoms with E-state index in [4.69, 9.17) is 0 Å². The highest BCUT2D eigenvalue weighted by atomic mass is 32.1. The van der Waals surface area contributed by atoms with Crippen molar-refractivity contribution >= 4 is 28.3 Å². The lowest BCUT2D eigenvalue weighted by Crippen LogP contribution is -2.28. The zero-order chi connectivity index (χ0) is 15.9. The van der Waals surface area contributed by atoms with Gasteiger partial charge in [0.25, 0.3) is 0 Å². The molecule has 22 heavy (non-hydrogen) atoms. The lowest BCUT2D eigenvalue weighted by atomic mass is 10.3. The van der Waals surface area contributed by atoms with Gasteiger partial charge in [0.15, 0.2) is 0 Å². The molecule has 0 aromatic carbocycles. The first-order valence-corrected chi connectivity index (χ1v) is 7.89. The molecule has 0 bridgehead atoms. The summed E-state index contributed by atoms with van der Waals surface area (Å²) in [5, 5.41) is 14.9. The number of hydrogen-bond acceptors (Lipinski definition) is 6. The summed E-state index contributed by atoms with van der Waals surface area (Å²) in [6.45, 7) is 2.49. The predicted molar refractivity (Wildman–Crippen MR) is 88.3 cm³/mol. The van der Waals surface area contributed by atoms with Gasteiger partial charge in [-0.1, -0.05) is 24.3 Å². The second kappa shape index (κ2) is 7.69. The van der Waals surface area contributed by atoms with Crippen LogP contribution in [0.2, 0.25) is 0 Å². The van der Waals surface area contributed by atoms with Crippen LogP contribution in [0.1, 0.15) is 23.9 Å². The molecule has 2 amide bonds. The van der Waals surface area contributed by atoms with E-state index in [1.165, 1.54) is 11.3 Å². The largest absolute Gasteiger partial charge is 0.363 e. The van der Waals surface area contributed by atoms with Crippen molar-refractivity contribution in [3.8, 4) is 0 Å². The molecule has 2 aromatic rings. The molecule has 0 atom stereocenters. The van der Waals surface area contributed by atoms with E-state index in [0.717, 1.165) is 29.2 Å². The molecule has 2 rings (SSSR count). The van der Waals surface area contributed by atoms with E-state index in [-0.39, 0.29) is 6.03 Å². The monoisotopic (exact) mass is 320 g/mol. The van der Waals surface area contributed by atoms with Gasteiger partial charge in [0.2, 0.25) is 5.13 Å². The van der Waals surface area contributed by atoms with E-state index >= 15 is 0 Å². The predicted octanol–water partition coefficient (Wildman–Crippen LogP) is 2.27. The number of aryl methyl sites for hydroxylation is 1. The van der Waals surface area contributed by atoms with Gasteiger partial charge < -0.3 is 10.2 Å². The molecular formula is C14H20N6OS. The summed E-state index contributed by atoms with van der Waals surface area (Å²) in [4.78, 5) is 18.0. The Morgan fingerprint density at radius 2 is 2.14 bits per heavy atom. The number of nitrogens with one attached hydrogen (secondary N) is 2. The van der Waals surface area contributed by atoms with Gasteiger partial charge in [-0.3, -0.25) is 5.32 Å². The first-order valence-electron chi connectivity index (χ1n) is 7.08. The Morgan fingerprint density at radius 3 is 2.77 bits per heavy atom. The van der Waals surface area contributed by atoms with Crippen LogP contribution in [0.3, 0.4) is 0 Å². The van der Waals surface area contributed by atoms with Crippen LogP contribution >= 0.6 is 11.3 Å². The molecule has 0 aliphatic heterocycles. The lowest BCUT2D eigenvalue weighted by Gasteiger charge is -2.11. The normalized spacial score (nSPS) is 10.3. The quantitative estimate of drug-likeness (QED) is 0.853. The number of carbonyl (C=O) groups excluding carboxylic acids is 1. The Bertz CT molecular complexity index is 610. The van der Waals surface area contributed by atoms with Crippen LogP contribution in [0.15, 0.2) is 18.3 Å². The number of aromatic nitrogens is 3. The van der Waals surface area contributed by atoms with E-state index in [1.807, 2.05) is 31.1 Å². The Labute approximate surface area is 133 Å². The highest BCUT2D eigenvalue weighted by Crippen LogP contribution is 2.16. The SMILES string of the molecule is CCCc1nnc(NC(=O)NCc2ccc(N(C)C)nc2)s1. The van der Waals surface area contributed by atoms with Crippen molar-refractivity contribution in [1.29, 1.82) is 0 Å². The minimum Gasteiger partial charge on any atom is -0.363 e. The lowest BCUT2D eigenvalue weighted by molar-refractivity contribution is 0.251. The summed E-state index contributed by atoms with van der Waals surface area (Å²) < 4.78 is 0. The number of amides is 2. The smallest absolute Gasteiger partial charge is 0.321 e. The molecular weight excluding hydrogens is 300 g/mol. The van der Waals surface area contributed by atoms with Gasteiger partial charge in [-0.15, -0.1) is 10.2 Å². The van der Waals surface area contributed by atoms with Crippen LogP contribution < -0.4 is 15.5 Å². The summed E-state index contributed by atoms with van der Waals surface area (Å²) in [6, 6.07) is 3.56. The van der Waals surface area contributed by atoms with E-state index in [1.54, 1.807) is 6.20 Å². The summed E-state index contributed by atoms with van der Waals surface area (Å²) in [7, 11) is 3.87. The molecule has 7 nitrogen and oxygen atoms in total. The van der Waals surface area contributed by atoms with Crippen LogP contribution in [0.5, 0.6) is 0 Å². The number of urea groups is 1. The summed E-state index contributed by atoms with van der Waals surface area (Å²) in [5.74, 6) is 0.880. The summed E-state index contributed by atoms with van der Waals surface area (Å²) in [6.07, 6.45) is 3.64. The topological polar surface area (TPSA) is 83.0 Å². The number of anilines is 2. The Kier molecular flexibility index (Phi) is 5.65. The van der Waals surface area contributed by atoms with E-state index in [2.05, 4.69) is 32.7 Å². The van der Waals surface area contributed by atoms with Crippen LogP contribution in [0.4, 0.5) is 15.7 Å². The fourth-order valence-electron chi connectivity index (χ4n) is 1.73. The number of nitrogens with zero attached hydrogens (tertiary/aromatic N) is 4. The molecule has 2 aromatic heterocycles. The van der Waals surface area contributed by atoms with Crippen molar-refractivity contribution in [1.82, 2.24) is 20.5 Å². The number of hydrogen-bond donors (Lipinski definition) is 2. The molecule has 0 radical (unpaired) electrons. The van der Waals surface area contributed by atoms with Gasteiger partial charge in [-0.2, -0.15) is 0 Å². The van der Waals surface area contributed by atoms with Gasteiger partial charge >= 0.3 is 6.03 Å². The minimum absolute atomic E-state index is 0.295. The molecule has 0 unspecified atom stereocenters. The first-order chi connectivity index (χ1) is 10.6.